The second kappa shape index (κ2) is 5.28. The Balaban J connectivity index is 2.46. The summed E-state index contributed by atoms with van der Waals surface area (Å²) in [7, 11) is 0. The van der Waals surface area contributed by atoms with Crippen LogP contribution in [-0.2, 0) is 4.74 Å². The molecule has 0 bridgehead atoms. The first-order valence-electron chi connectivity index (χ1n) is 6.10. The van der Waals surface area contributed by atoms with E-state index in [0.717, 1.165) is 13.1 Å². The highest BCUT2D eigenvalue weighted by Gasteiger charge is 2.29. The summed E-state index contributed by atoms with van der Waals surface area (Å²) in [6.07, 6.45) is 3.24. The molecule has 2 N–H and O–H groups in total. The lowest BCUT2D eigenvalue weighted by Crippen LogP contribution is -2.51. The highest BCUT2D eigenvalue weighted by atomic mass is 16.5. The smallest absolute Gasteiger partial charge is 0.0706 e. The summed E-state index contributed by atoms with van der Waals surface area (Å²) in [4.78, 5) is 2.43. The Labute approximate surface area is 94.0 Å². The van der Waals surface area contributed by atoms with Gasteiger partial charge in [-0.1, -0.05) is 6.92 Å². The van der Waals surface area contributed by atoms with Crippen LogP contribution >= 0.6 is 0 Å². The molecule has 1 aliphatic heterocycles. The summed E-state index contributed by atoms with van der Waals surface area (Å²) in [6.45, 7) is 11.5. The molecule has 0 aromatic heterocycles. The van der Waals surface area contributed by atoms with Gasteiger partial charge in [0, 0.05) is 18.6 Å². The minimum atomic E-state index is 0.0872. The highest BCUT2D eigenvalue weighted by molar-refractivity contribution is 4.85. The van der Waals surface area contributed by atoms with Crippen molar-refractivity contribution in [2.45, 2.75) is 58.3 Å². The van der Waals surface area contributed by atoms with Gasteiger partial charge >= 0.3 is 0 Å². The minimum Gasteiger partial charge on any atom is -0.374 e. The molecule has 1 aliphatic rings. The third-order valence-electron chi connectivity index (χ3n) is 3.48. The van der Waals surface area contributed by atoms with Crippen LogP contribution in [-0.4, -0.2) is 42.3 Å². The highest BCUT2D eigenvalue weighted by Crippen LogP contribution is 2.22. The monoisotopic (exact) mass is 214 g/mol. The second-order valence-corrected chi connectivity index (χ2v) is 5.20. The van der Waals surface area contributed by atoms with Crippen molar-refractivity contribution in [3.8, 4) is 0 Å². The zero-order valence-electron chi connectivity index (χ0n) is 10.6. The molecule has 15 heavy (non-hydrogen) atoms. The fourth-order valence-electron chi connectivity index (χ4n) is 2.20. The standard InChI is InChI=1S/C12H26N2O/c1-5-14(12(3,4)9-13)8-11-7-6-10(2)15-11/h10-11H,5-9,13H2,1-4H3. The topological polar surface area (TPSA) is 38.5 Å². The largest absolute Gasteiger partial charge is 0.374 e. The fraction of sp³-hybridized carbons (Fsp3) is 1.00. The predicted octanol–water partition coefficient (Wildman–Crippen LogP) is 1.61. The van der Waals surface area contributed by atoms with Gasteiger partial charge in [-0.15, -0.1) is 0 Å². The van der Waals surface area contributed by atoms with Crippen LogP contribution in [0.5, 0.6) is 0 Å². The van der Waals surface area contributed by atoms with E-state index in [1.54, 1.807) is 0 Å². The van der Waals surface area contributed by atoms with Gasteiger partial charge in [-0.25, -0.2) is 0 Å². The van der Waals surface area contributed by atoms with Gasteiger partial charge in [-0.2, -0.15) is 0 Å². The van der Waals surface area contributed by atoms with E-state index in [-0.39, 0.29) is 5.54 Å². The van der Waals surface area contributed by atoms with Crippen molar-refractivity contribution in [1.29, 1.82) is 0 Å². The average Bonchev–Trinajstić information content (AvgIpc) is 2.60. The Morgan fingerprint density at radius 1 is 1.40 bits per heavy atom. The Morgan fingerprint density at radius 3 is 2.47 bits per heavy atom. The molecule has 1 rings (SSSR count). The third-order valence-corrected chi connectivity index (χ3v) is 3.48. The number of nitrogens with zero attached hydrogens (tertiary/aromatic N) is 1. The maximum atomic E-state index is 5.85. The van der Waals surface area contributed by atoms with E-state index in [2.05, 4.69) is 32.6 Å². The quantitative estimate of drug-likeness (QED) is 0.755. The van der Waals surface area contributed by atoms with Gasteiger partial charge in [0.2, 0.25) is 0 Å². The van der Waals surface area contributed by atoms with Crippen LogP contribution in [0.15, 0.2) is 0 Å². The van der Waals surface area contributed by atoms with E-state index >= 15 is 0 Å². The first-order valence-corrected chi connectivity index (χ1v) is 6.10. The number of hydrogen-bond acceptors (Lipinski definition) is 3. The lowest BCUT2D eigenvalue weighted by atomic mass is 10.0. The summed E-state index contributed by atoms with van der Waals surface area (Å²) in [5.41, 5.74) is 5.89. The van der Waals surface area contributed by atoms with Crippen LogP contribution in [0.3, 0.4) is 0 Å². The zero-order valence-corrected chi connectivity index (χ0v) is 10.6. The Bertz CT molecular complexity index is 194. The first kappa shape index (κ1) is 12.9. The molecule has 0 saturated carbocycles. The molecule has 3 heteroatoms. The molecule has 2 unspecified atom stereocenters. The molecular formula is C12H26N2O. The van der Waals surface area contributed by atoms with Crippen molar-refractivity contribution >= 4 is 0 Å². The van der Waals surface area contributed by atoms with Crippen molar-refractivity contribution in [3.05, 3.63) is 0 Å². The predicted molar refractivity (Wildman–Crippen MR) is 63.9 cm³/mol. The van der Waals surface area contributed by atoms with Crippen LogP contribution < -0.4 is 5.73 Å². The molecule has 0 amide bonds. The Morgan fingerprint density at radius 2 is 2.07 bits per heavy atom. The fourth-order valence-corrected chi connectivity index (χ4v) is 2.20. The van der Waals surface area contributed by atoms with Crippen molar-refractivity contribution in [2.75, 3.05) is 19.6 Å². The first-order chi connectivity index (χ1) is 6.99. The van der Waals surface area contributed by atoms with Gasteiger partial charge in [-0.3, -0.25) is 4.90 Å². The van der Waals surface area contributed by atoms with E-state index in [1.807, 2.05) is 0 Å². The van der Waals surface area contributed by atoms with E-state index in [1.165, 1.54) is 12.8 Å². The summed E-state index contributed by atoms with van der Waals surface area (Å²) in [6, 6.07) is 0. The lowest BCUT2D eigenvalue weighted by Gasteiger charge is -2.38. The molecular weight excluding hydrogens is 188 g/mol. The van der Waals surface area contributed by atoms with E-state index < -0.39 is 0 Å². The van der Waals surface area contributed by atoms with Crippen LogP contribution in [0, 0.1) is 0 Å². The normalized spacial score (nSPS) is 27.6. The van der Waals surface area contributed by atoms with Crippen LogP contribution in [0.4, 0.5) is 0 Å². The van der Waals surface area contributed by atoms with E-state index in [4.69, 9.17) is 10.5 Å². The molecule has 1 saturated heterocycles. The molecule has 90 valence electrons. The van der Waals surface area contributed by atoms with Crippen molar-refractivity contribution < 1.29 is 4.74 Å². The van der Waals surface area contributed by atoms with Gasteiger partial charge in [0.1, 0.15) is 0 Å². The summed E-state index contributed by atoms with van der Waals surface area (Å²) < 4.78 is 5.85. The number of likely N-dealkylation sites (N-methyl/N-ethyl adjacent to an activating group) is 1. The SMILES string of the molecule is CCN(CC1CCC(C)O1)C(C)(C)CN. The lowest BCUT2D eigenvalue weighted by molar-refractivity contribution is 0.00880. The van der Waals surface area contributed by atoms with Gasteiger partial charge in [0.15, 0.2) is 0 Å². The Kier molecular flexibility index (Phi) is 4.56. The molecule has 0 radical (unpaired) electrons. The number of ether oxygens (including phenoxy) is 1. The van der Waals surface area contributed by atoms with E-state index in [9.17, 15) is 0 Å². The number of rotatable bonds is 5. The van der Waals surface area contributed by atoms with E-state index in [0.29, 0.717) is 18.8 Å². The van der Waals surface area contributed by atoms with Gasteiger partial charge in [0.25, 0.3) is 0 Å². The molecule has 0 aliphatic carbocycles. The van der Waals surface area contributed by atoms with Gasteiger partial charge in [0.05, 0.1) is 12.2 Å². The maximum Gasteiger partial charge on any atom is 0.0706 e. The van der Waals surface area contributed by atoms with Crippen molar-refractivity contribution in [2.24, 2.45) is 5.73 Å². The molecule has 1 fully saturated rings. The molecule has 1 heterocycles. The average molecular weight is 214 g/mol. The molecule has 0 spiro atoms. The van der Waals surface area contributed by atoms with Crippen LogP contribution in [0.2, 0.25) is 0 Å². The molecule has 3 nitrogen and oxygen atoms in total. The number of hydrogen-bond donors (Lipinski definition) is 1. The molecule has 0 aromatic carbocycles. The zero-order chi connectivity index (χ0) is 11.5. The van der Waals surface area contributed by atoms with Crippen LogP contribution in [0.25, 0.3) is 0 Å². The van der Waals surface area contributed by atoms with Crippen molar-refractivity contribution in [3.63, 3.8) is 0 Å². The number of nitrogens with two attached hydrogens (primary N) is 1. The second-order valence-electron chi connectivity index (χ2n) is 5.20. The minimum absolute atomic E-state index is 0.0872. The van der Waals surface area contributed by atoms with Gasteiger partial charge < -0.3 is 10.5 Å². The summed E-state index contributed by atoms with van der Waals surface area (Å²) in [5, 5.41) is 0. The third kappa shape index (κ3) is 3.44. The summed E-state index contributed by atoms with van der Waals surface area (Å²) in [5.74, 6) is 0. The van der Waals surface area contributed by atoms with Crippen LogP contribution in [0.1, 0.15) is 40.5 Å². The molecule has 0 aromatic rings. The summed E-state index contributed by atoms with van der Waals surface area (Å²) >= 11 is 0. The Hall–Kier alpha value is -0.120. The maximum absolute atomic E-state index is 5.85. The molecule has 2 atom stereocenters. The van der Waals surface area contributed by atoms with Crippen molar-refractivity contribution in [1.82, 2.24) is 4.90 Å². The van der Waals surface area contributed by atoms with Gasteiger partial charge in [-0.05, 0) is 40.2 Å².